The van der Waals surface area contributed by atoms with Gasteiger partial charge in [0.25, 0.3) is 17.7 Å². The van der Waals surface area contributed by atoms with Gasteiger partial charge >= 0.3 is 0 Å². The fourth-order valence-electron chi connectivity index (χ4n) is 14.1. The van der Waals surface area contributed by atoms with Crippen LogP contribution in [0, 0.1) is 56.0 Å². The van der Waals surface area contributed by atoms with E-state index in [-0.39, 0.29) is 90.7 Å². The topological polar surface area (TPSA) is 186 Å². The smallest absolute Gasteiger partial charge is 0.250 e. The fraction of sp³-hybridized carbons (Fsp3) is 0.333. The molecule has 3 heterocycles. The molecular weight excluding hydrogens is 1620 g/mol. The normalized spacial score (nSPS) is 15.8. The highest BCUT2D eigenvalue weighted by Crippen LogP contribution is 2.40. The van der Waals surface area contributed by atoms with Gasteiger partial charge in [-0.1, -0.05) is 133 Å². The minimum absolute atomic E-state index is 0. The Morgan fingerprint density at radius 2 is 0.590 bits per heavy atom. The van der Waals surface area contributed by atoms with Gasteiger partial charge < -0.3 is 44.9 Å². The van der Waals surface area contributed by atoms with Gasteiger partial charge in [0, 0.05) is 94.1 Å². The molecule has 9 aromatic rings. The lowest BCUT2D eigenvalue weighted by molar-refractivity contribution is -0.136. The first-order valence-corrected chi connectivity index (χ1v) is 39.9. The standard InChI is InChI=1S/3C30H33ClFN3O3.3ClH/c3*1-20(2)26-19-34(16-15-33-26)30(37)29(22-9-11-23(32)12-10-22)35(28(36)18-31)27-14-13-25(17-21(27)3)38-24-7-5-4-6-8-24;;;/h3*4-14,17,20,26,29,33H,15-16,18-19H2,1-3H3;3*1H/t2*26-,29+;26-,29-;;;/m101.../s1. The summed E-state index contributed by atoms with van der Waals surface area (Å²) in [6, 6.07) is 58.7. The summed E-state index contributed by atoms with van der Waals surface area (Å²) in [5, 5.41) is 10.4. The molecule has 18 nitrogen and oxygen atoms in total. The van der Waals surface area contributed by atoms with Crippen molar-refractivity contribution in [1.82, 2.24) is 30.7 Å². The van der Waals surface area contributed by atoms with E-state index in [1.807, 2.05) is 130 Å². The molecule has 27 heteroatoms. The Hall–Kier alpha value is -9.39. The lowest BCUT2D eigenvalue weighted by atomic mass is 9.98. The SMILES string of the molecule is Cc1cc(Oc2ccccc2)ccc1N(C(=O)CCl)[C@@H](C(=O)N1CCN[C@@H](C(C)C)C1)c1ccc(F)cc1.Cc1cc(Oc2ccccc2)ccc1N(C(=O)CCl)[C@@H](C(=O)N1CCN[C@H](C(C)C)C1)c1ccc(F)cc1.Cc1cc(Oc2ccccc2)ccc1N(C(=O)CCl)[C@H](C(=O)N1CCN[C@@H](C(C)C)C1)c1ccc(F)cc1.Cl.Cl.Cl. The average molecular weight is 1720 g/mol. The molecule has 9 aromatic carbocycles. The number of hydrogen-bond acceptors (Lipinski definition) is 12. The van der Waals surface area contributed by atoms with Crippen molar-refractivity contribution in [2.75, 3.05) is 91.2 Å². The Labute approximate surface area is 717 Å². The number of rotatable bonds is 24. The van der Waals surface area contributed by atoms with Crippen molar-refractivity contribution in [2.45, 2.75) is 98.6 Å². The third-order valence-electron chi connectivity index (χ3n) is 20.4. The highest BCUT2D eigenvalue weighted by Gasteiger charge is 2.42. The van der Waals surface area contributed by atoms with E-state index in [1.165, 1.54) is 51.1 Å². The summed E-state index contributed by atoms with van der Waals surface area (Å²) >= 11 is 18.3. The quantitative estimate of drug-likeness (QED) is 0.0487. The molecular formula is C90H102Cl6F3N9O9. The van der Waals surface area contributed by atoms with Crippen LogP contribution in [0.2, 0.25) is 0 Å². The maximum Gasteiger partial charge on any atom is 0.250 e. The Bertz CT molecular complexity index is 4240. The number of carbonyl (C=O) groups is 6. The second kappa shape index (κ2) is 45.5. The zero-order valence-corrected chi connectivity index (χ0v) is 71.5. The van der Waals surface area contributed by atoms with E-state index in [2.05, 4.69) is 57.5 Å². The number of nitrogens with one attached hydrogen (secondary N) is 3. The molecule has 0 bridgehead atoms. The summed E-state index contributed by atoms with van der Waals surface area (Å²) in [6.07, 6.45) is 0. The first kappa shape index (κ1) is 94.8. The number of aryl methyl sites for hydroxylation is 3. The second-order valence-corrected chi connectivity index (χ2v) is 30.2. The van der Waals surface area contributed by atoms with Gasteiger partial charge in [-0.05, 0) is 199 Å². The van der Waals surface area contributed by atoms with E-state index in [9.17, 15) is 41.9 Å². The van der Waals surface area contributed by atoms with Gasteiger partial charge in [-0.2, -0.15) is 0 Å². The number of piperazine rings is 3. The monoisotopic (exact) mass is 1720 g/mol. The zero-order chi connectivity index (χ0) is 81.7. The van der Waals surface area contributed by atoms with Crippen molar-refractivity contribution in [1.29, 1.82) is 0 Å². The van der Waals surface area contributed by atoms with Crippen molar-refractivity contribution in [3.05, 3.63) is 269 Å². The first-order valence-electron chi connectivity index (χ1n) is 38.3. The van der Waals surface area contributed by atoms with E-state index in [0.717, 1.165) is 16.7 Å². The summed E-state index contributed by atoms with van der Waals surface area (Å²) in [5.74, 6) is 0.661. The average Bonchev–Trinajstić information content (AvgIpc) is 0.786. The molecule has 0 radical (unpaired) electrons. The fourth-order valence-corrected chi connectivity index (χ4v) is 14.5. The minimum atomic E-state index is -1.01. The van der Waals surface area contributed by atoms with Crippen molar-refractivity contribution in [3.8, 4) is 34.5 Å². The molecule has 6 amide bonds. The van der Waals surface area contributed by atoms with Gasteiger partial charge in [-0.25, -0.2) is 13.2 Å². The molecule has 3 aliphatic rings. The highest BCUT2D eigenvalue weighted by atomic mass is 35.5. The molecule has 117 heavy (non-hydrogen) atoms. The number of carbonyl (C=O) groups excluding carboxylic acids is 6. The molecule has 0 aliphatic carbocycles. The molecule has 0 saturated carbocycles. The predicted octanol–water partition coefficient (Wildman–Crippen LogP) is 18.4. The molecule has 0 spiro atoms. The summed E-state index contributed by atoms with van der Waals surface area (Å²) in [6.45, 7) is 23.2. The van der Waals surface area contributed by atoms with Crippen molar-refractivity contribution in [3.63, 3.8) is 0 Å². The number of anilines is 3. The molecule has 3 aliphatic heterocycles. The molecule has 0 unspecified atom stereocenters. The number of halogens is 9. The number of alkyl halides is 3. The maximum atomic E-state index is 14.1. The third kappa shape index (κ3) is 25.1. The Morgan fingerprint density at radius 1 is 0.359 bits per heavy atom. The number of benzene rings is 9. The van der Waals surface area contributed by atoms with E-state index < -0.39 is 53.3 Å². The van der Waals surface area contributed by atoms with Crippen LogP contribution < -0.4 is 44.9 Å². The van der Waals surface area contributed by atoms with Gasteiger partial charge in [0.1, 0.15) is 87.7 Å². The van der Waals surface area contributed by atoms with Crippen LogP contribution in [0.4, 0.5) is 30.2 Å². The Balaban J connectivity index is 0.000000239. The summed E-state index contributed by atoms with van der Waals surface area (Å²) < 4.78 is 59.5. The van der Waals surface area contributed by atoms with Crippen LogP contribution in [0.15, 0.2) is 218 Å². The molecule has 3 N–H and O–H groups in total. The van der Waals surface area contributed by atoms with Crippen molar-refractivity contribution < 1.29 is 56.1 Å². The van der Waals surface area contributed by atoms with Gasteiger partial charge in [0.15, 0.2) is 0 Å². The number of hydrogen-bond donors (Lipinski definition) is 3. The van der Waals surface area contributed by atoms with E-state index in [0.29, 0.717) is 145 Å². The Morgan fingerprint density at radius 3 is 0.795 bits per heavy atom. The minimum Gasteiger partial charge on any atom is -0.457 e. The van der Waals surface area contributed by atoms with E-state index in [4.69, 9.17) is 49.0 Å². The maximum absolute atomic E-state index is 14.1. The zero-order valence-electron chi connectivity index (χ0n) is 66.8. The van der Waals surface area contributed by atoms with Crippen LogP contribution in [-0.4, -0.2) is 145 Å². The van der Waals surface area contributed by atoms with Gasteiger partial charge in [-0.15, -0.1) is 72.0 Å². The van der Waals surface area contributed by atoms with Crippen LogP contribution in [-0.2, 0) is 28.8 Å². The molecule has 3 fully saturated rings. The summed E-state index contributed by atoms with van der Waals surface area (Å²) in [4.78, 5) is 92.3. The van der Waals surface area contributed by atoms with E-state index >= 15 is 0 Å². The lowest BCUT2D eigenvalue weighted by Gasteiger charge is -2.40. The van der Waals surface area contributed by atoms with E-state index in [1.54, 1.807) is 87.5 Å². The van der Waals surface area contributed by atoms with Gasteiger partial charge in [0.05, 0.1) is 0 Å². The van der Waals surface area contributed by atoms with Gasteiger partial charge in [-0.3, -0.25) is 43.5 Å². The Kier molecular flexibility index (Phi) is 36.9. The van der Waals surface area contributed by atoms with Crippen LogP contribution in [0.1, 0.15) is 93.0 Å². The number of para-hydroxylation sites is 3. The third-order valence-corrected chi connectivity index (χ3v) is 21.1. The highest BCUT2D eigenvalue weighted by molar-refractivity contribution is 6.31. The molecule has 12 rings (SSSR count). The molecule has 624 valence electrons. The van der Waals surface area contributed by atoms with Crippen molar-refractivity contribution >= 4 is 125 Å². The number of ether oxygens (including phenoxy) is 3. The lowest BCUT2D eigenvalue weighted by Crippen LogP contribution is -2.57. The summed E-state index contributed by atoms with van der Waals surface area (Å²) in [7, 11) is 0. The summed E-state index contributed by atoms with van der Waals surface area (Å²) in [5.41, 5.74) is 5.35. The second-order valence-electron chi connectivity index (χ2n) is 29.4. The largest absolute Gasteiger partial charge is 0.457 e. The first-order chi connectivity index (χ1) is 54.8. The molecule has 0 aromatic heterocycles. The predicted molar refractivity (Wildman–Crippen MR) is 466 cm³/mol. The van der Waals surface area contributed by atoms with Crippen molar-refractivity contribution in [2.24, 2.45) is 17.8 Å². The van der Waals surface area contributed by atoms with Crippen LogP contribution in [0.3, 0.4) is 0 Å². The number of nitrogens with zero attached hydrogens (tertiary/aromatic N) is 6. The van der Waals surface area contributed by atoms with Crippen LogP contribution >= 0.6 is 72.0 Å². The van der Waals surface area contributed by atoms with Crippen LogP contribution in [0.25, 0.3) is 0 Å². The van der Waals surface area contributed by atoms with Gasteiger partial charge in [0.2, 0.25) is 17.7 Å². The molecule has 3 saturated heterocycles. The van der Waals surface area contributed by atoms with Crippen LogP contribution in [0.5, 0.6) is 34.5 Å². The number of amides is 6. The molecule has 6 atom stereocenters.